The second-order valence-corrected chi connectivity index (χ2v) is 10.2. The van der Waals surface area contributed by atoms with E-state index < -0.39 is 0 Å². The quantitative estimate of drug-likeness (QED) is 0.245. The van der Waals surface area contributed by atoms with E-state index in [0.717, 1.165) is 64.1 Å². The molecule has 3 heterocycles. The predicted octanol–water partition coefficient (Wildman–Crippen LogP) is 7.88. The number of nitrogen functional groups attached to an aromatic ring is 1. The molecule has 1 fully saturated rings. The molecule has 3 N–H and O–H groups in total. The fourth-order valence-corrected chi connectivity index (χ4v) is 4.89. The Bertz CT molecular complexity index is 1480. The van der Waals surface area contributed by atoms with Gasteiger partial charge in [0.15, 0.2) is 0 Å². The Hall–Kier alpha value is -3.77. The van der Waals surface area contributed by atoms with Gasteiger partial charge in [0.05, 0.1) is 11.2 Å². The number of anilines is 1. The van der Waals surface area contributed by atoms with Crippen molar-refractivity contribution in [1.82, 2.24) is 24.7 Å². The van der Waals surface area contributed by atoms with Crippen molar-refractivity contribution in [1.29, 1.82) is 0 Å². The molecular formula is C33H42N6. The maximum absolute atomic E-state index is 6.36. The first-order chi connectivity index (χ1) is 19.0. The maximum Gasteiger partial charge on any atom is 0.150 e. The highest BCUT2D eigenvalue weighted by atomic mass is 15.1. The van der Waals surface area contributed by atoms with E-state index in [1.165, 1.54) is 12.8 Å². The molecule has 204 valence electrons. The molecule has 6 nitrogen and oxygen atoms in total. The van der Waals surface area contributed by atoms with E-state index in [0.29, 0.717) is 17.8 Å². The van der Waals surface area contributed by atoms with Crippen molar-refractivity contribution in [2.75, 3.05) is 12.3 Å². The molecular weight excluding hydrogens is 480 g/mol. The number of pyridine rings is 1. The molecule has 6 rings (SSSR count). The SMILES string of the molecule is CCC.CCC.CCNC1CC(c2nc(-c3ccc4ccc(-c5ccccc5)nc4c3)c3c(N)nccn23)C1. The van der Waals surface area contributed by atoms with Gasteiger partial charge < -0.3 is 11.1 Å². The summed E-state index contributed by atoms with van der Waals surface area (Å²) < 4.78 is 2.13. The number of rotatable bonds is 5. The number of fused-ring (bicyclic) bond motifs is 2. The van der Waals surface area contributed by atoms with Crippen LogP contribution in [0.25, 0.3) is 38.9 Å². The minimum Gasteiger partial charge on any atom is -0.382 e. The van der Waals surface area contributed by atoms with E-state index in [4.69, 9.17) is 15.7 Å². The summed E-state index contributed by atoms with van der Waals surface area (Å²) in [5.41, 5.74) is 12.1. The highest BCUT2D eigenvalue weighted by molar-refractivity contribution is 5.91. The molecule has 0 saturated heterocycles. The maximum atomic E-state index is 6.36. The Kier molecular flexibility index (Phi) is 9.66. The van der Waals surface area contributed by atoms with Crippen molar-refractivity contribution in [3.63, 3.8) is 0 Å². The molecule has 0 amide bonds. The van der Waals surface area contributed by atoms with Gasteiger partial charge in [-0.2, -0.15) is 0 Å². The van der Waals surface area contributed by atoms with Crippen molar-refractivity contribution in [2.45, 2.75) is 72.3 Å². The number of benzene rings is 2. The molecule has 1 aliphatic carbocycles. The zero-order valence-corrected chi connectivity index (χ0v) is 24.0. The Morgan fingerprint density at radius 3 is 2.26 bits per heavy atom. The largest absolute Gasteiger partial charge is 0.382 e. The molecule has 0 bridgehead atoms. The third-order valence-electron chi connectivity index (χ3n) is 6.64. The Labute approximate surface area is 232 Å². The van der Waals surface area contributed by atoms with Crippen molar-refractivity contribution in [2.24, 2.45) is 0 Å². The smallest absolute Gasteiger partial charge is 0.150 e. The lowest BCUT2D eigenvalue weighted by Gasteiger charge is -2.34. The van der Waals surface area contributed by atoms with Crippen LogP contribution in [0.5, 0.6) is 0 Å². The fraction of sp³-hybridized carbons (Fsp3) is 0.364. The first kappa shape index (κ1) is 28.2. The van der Waals surface area contributed by atoms with Gasteiger partial charge in [-0.25, -0.2) is 15.0 Å². The third-order valence-corrected chi connectivity index (χ3v) is 6.64. The van der Waals surface area contributed by atoms with Crippen LogP contribution >= 0.6 is 0 Å². The van der Waals surface area contributed by atoms with Crippen molar-refractivity contribution in [3.05, 3.63) is 78.9 Å². The van der Waals surface area contributed by atoms with Crippen LogP contribution in [0.2, 0.25) is 0 Å². The van der Waals surface area contributed by atoms with Crippen LogP contribution in [0.3, 0.4) is 0 Å². The van der Waals surface area contributed by atoms with Crippen LogP contribution in [0.15, 0.2) is 73.1 Å². The van der Waals surface area contributed by atoms with E-state index >= 15 is 0 Å². The van der Waals surface area contributed by atoms with Gasteiger partial charge in [0.1, 0.15) is 22.9 Å². The zero-order valence-electron chi connectivity index (χ0n) is 24.0. The number of hydrogen-bond donors (Lipinski definition) is 2. The first-order valence-corrected chi connectivity index (χ1v) is 14.4. The molecule has 0 atom stereocenters. The average molecular weight is 523 g/mol. The summed E-state index contributed by atoms with van der Waals surface area (Å²) in [7, 11) is 0. The van der Waals surface area contributed by atoms with E-state index in [1.54, 1.807) is 6.20 Å². The van der Waals surface area contributed by atoms with Gasteiger partial charge in [0, 0.05) is 40.9 Å². The normalized spacial score (nSPS) is 16.1. The van der Waals surface area contributed by atoms with Crippen LogP contribution in [0.1, 0.15) is 72.0 Å². The number of nitrogens with one attached hydrogen (secondary N) is 1. The summed E-state index contributed by atoms with van der Waals surface area (Å²) >= 11 is 0. The Morgan fingerprint density at radius 2 is 1.56 bits per heavy atom. The van der Waals surface area contributed by atoms with Gasteiger partial charge in [0.2, 0.25) is 0 Å². The number of imidazole rings is 1. The molecule has 0 aliphatic heterocycles. The number of aromatic nitrogens is 4. The second kappa shape index (κ2) is 13.3. The molecule has 0 radical (unpaired) electrons. The third kappa shape index (κ3) is 6.28. The van der Waals surface area contributed by atoms with Gasteiger partial charge in [0.25, 0.3) is 0 Å². The summed E-state index contributed by atoms with van der Waals surface area (Å²) in [5.74, 6) is 1.98. The minimum atomic E-state index is 0.417. The van der Waals surface area contributed by atoms with Crippen LogP contribution in [-0.4, -0.2) is 31.9 Å². The molecule has 0 unspecified atom stereocenters. The minimum absolute atomic E-state index is 0.417. The summed E-state index contributed by atoms with van der Waals surface area (Å²) in [6.45, 7) is 11.6. The summed E-state index contributed by atoms with van der Waals surface area (Å²) in [6, 6.07) is 21.3. The lowest BCUT2D eigenvalue weighted by atomic mass is 9.79. The zero-order chi connectivity index (χ0) is 27.8. The predicted molar refractivity (Wildman–Crippen MR) is 165 cm³/mol. The van der Waals surface area contributed by atoms with Crippen molar-refractivity contribution < 1.29 is 0 Å². The topological polar surface area (TPSA) is 81.1 Å². The monoisotopic (exact) mass is 522 g/mol. The van der Waals surface area contributed by atoms with E-state index in [-0.39, 0.29) is 0 Å². The molecule has 1 aliphatic rings. The standard InChI is InChI=1S/C27H26N6.2C3H8/c1-2-29-21-14-20(15-21)27-32-24(25-26(28)30-12-13-33(25)27)19-9-8-18-10-11-22(31-23(18)16-19)17-6-4-3-5-7-17;2*1-3-2/h3-13,16,20-21,29H,2,14-15H2,1H3,(H2,28,30);2*3H2,1-2H3. The summed E-state index contributed by atoms with van der Waals surface area (Å²) in [4.78, 5) is 14.4. The van der Waals surface area contributed by atoms with Crippen LogP contribution in [0, 0.1) is 0 Å². The Morgan fingerprint density at radius 1 is 0.872 bits per heavy atom. The number of hydrogen-bond acceptors (Lipinski definition) is 5. The van der Waals surface area contributed by atoms with Crippen molar-refractivity contribution in [3.8, 4) is 22.5 Å². The van der Waals surface area contributed by atoms with Gasteiger partial charge in [-0.1, -0.05) is 96.0 Å². The second-order valence-electron chi connectivity index (χ2n) is 10.2. The molecule has 6 heteroatoms. The molecule has 0 spiro atoms. The molecule has 3 aromatic heterocycles. The van der Waals surface area contributed by atoms with E-state index in [2.05, 4.69) is 91.8 Å². The molecule has 1 saturated carbocycles. The van der Waals surface area contributed by atoms with Gasteiger partial charge in [-0.05, 0) is 31.5 Å². The van der Waals surface area contributed by atoms with Crippen molar-refractivity contribution >= 4 is 22.2 Å². The molecule has 5 aromatic rings. The lowest BCUT2D eigenvalue weighted by Crippen LogP contribution is -2.40. The van der Waals surface area contributed by atoms with Crippen LogP contribution in [0.4, 0.5) is 5.82 Å². The lowest BCUT2D eigenvalue weighted by molar-refractivity contribution is 0.286. The first-order valence-electron chi connectivity index (χ1n) is 14.4. The van der Waals surface area contributed by atoms with Gasteiger partial charge in [-0.15, -0.1) is 0 Å². The van der Waals surface area contributed by atoms with E-state index in [9.17, 15) is 0 Å². The van der Waals surface area contributed by atoms with Gasteiger partial charge in [-0.3, -0.25) is 4.40 Å². The molecule has 39 heavy (non-hydrogen) atoms. The van der Waals surface area contributed by atoms with Gasteiger partial charge >= 0.3 is 0 Å². The van der Waals surface area contributed by atoms with Crippen LogP contribution in [-0.2, 0) is 0 Å². The number of nitrogens with two attached hydrogens (primary N) is 1. The van der Waals surface area contributed by atoms with Crippen LogP contribution < -0.4 is 11.1 Å². The average Bonchev–Trinajstić information content (AvgIpc) is 3.32. The summed E-state index contributed by atoms with van der Waals surface area (Å²) in [6.07, 6.45) is 8.42. The highest BCUT2D eigenvalue weighted by Crippen LogP contribution is 2.40. The summed E-state index contributed by atoms with van der Waals surface area (Å²) in [5, 5.41) is 4.63. The number of nitrogens with zero attached hydrogens (tertiary/aromatic N) is 4. The highest BCUT2D eigenvalue weighted by Gasteiger charge is 2.33. The van der Waals surface area contributed by atoms with E-state index in [1.807, 2.05) is 24.4 Å². The molecule has 2 aromatic carbocycles. The Balaban J connectivity index is 0.000000541. The fourth-order valence-electron chi connectivity index (χ4n) is 4.89.